The van der Waals surface area contributed by atoms with Crippen molar-refractivity contribution in [3.63, 3.8) is 0 Å². The third kappa shape index (κ3) is 9.94. The quantitative estimate of drug-likeness (QED) is 0.149. The van der Waals surface area contributed by atoms with Gasteiger partial charge in [-0.3, -0.25) is 4.79 Å². The Kier molecular flexibility index (Phi) is 10.3. The van der Waals surface area contributed by atoms with Crippen molar-refractivity contribution in [2.24, 2.45) is 0 Å². The van der Waals surface area contributed by atoms with Gasteiger partial charge in [-0.1, -0.05) is 28.0 Å². The summed E-state index contributed by atoms with van der Waals surface area (Å²) in [6, 6.07) is 0. The standard InChI is InChI=1S/C14H28N2O2S3/c1-16(2,15-8-11-19)9-10-18-14(17)6-4-3-5-13-7-12-20-21-13/h13,15H,3-12H2,1-2H3/p+1/t13-/m1/s1. The summed E-state index contributed by atoms with van der Waals surface area (Å²) >= 11 is 4.18. The summed E-state index contributed by atoms with van der Waals surface area (Å²) in [4.78, 5) is 11.7. The molecule has 0 radical (unpaired) electrons. The number of nitrogens with one attached hydrogen (secondary N) is 1. The summed E-state index contributed by atoms with van der Waals surface area (Å²) in [6.07, 6.45) is 5.21. The molecule has 1 saturated heterocycles. The molecule has 1 fully saturated rings. The molecule has 0 amide bonds. The van der Waals surface area contributed by atoms with E-state index >= 15 is 0 Å². The first kappa shape index (κ1) is 19.5. The molecule has 0 bridgehead atoms. The van der Waals surface area contributed by atoms with E-state index in [1.165, 1.54) is 18.6 Å². The van der Waals surface area contributed by atoms with Gasteiger partial charge in [-0.15, -0.1) is 0 Å². The molecule has 0 unspecified atom stereocenters. The van der Waals surface area contributed by atoms with E-state index in [1.807, 2.05) is 21.6 Å². The average Bonchev–Trinajstić information content (AvgIpc) is 2.94. The summed E-state index contributed by atoms with van der Waals surface area (Å²) < 4.78 is 5.95. The van der Waals surface area contributed by atoms with Crippen molar-refractivity contribution in [3.8, 4) is 0 Å². The molecule has 1 atom stereocenters. The van der Waals surface area contributed by atoms with E-state index in [1.54, 1.807) is 0 Å². The zero-order valence-electron chi connectivity index (χ0n) is 13.2. The van der Waals surface area contributed by atoms with Crippen molar-refractivity contribution in [1.82, 2.24) is 5.43 Å². The fourth-order valence-electron chi connectivity index (χ4n) is 2.10. The molecule has 1 heterocycles. The molecule has 4 nitrogen and oxygen atoms in total. The van der Waals surface area contributed by atoms with Crippen LogP contribution in [0.25, 0.3) is 0 Å². The van der Waals surface area contributed by atoms with Gasteiger partial charge in [-0.05, 0) is 19.3 Å². The third-order valence-electron chi connectivity index (χ3n) is 3.45. The van der Waals surface area contributed by atoms with Crippen LogP contribution in [0.2, 0.25) is 0 Å². The molecule has 1 rings (SSSR count). The fourth-order valence-corrected chi connectivity index (χ4v) is 5.23. The van der Waals surface area contributed by atoms with Crippen molar-refractivity contribution < 1.29 is 14.1 Å². The zero-order valence-corrected chi connectivity index (χ0v) is 15.7. The highest BCUT2D eigenvalue weighted by atomic mass is 33.1. The second-order valence-electron chi connectivity index (χ2n) is 5.84. The van der Waals surface area contributed by atoms with Gasteiger partial charge in [0.1, 0.15) is 13.2 Å². The highest BCUT2D eigenvalue weighted by Gasteiger charge is 2.17. The minimum Gasteiger partial charge on any atom is -0.460 e. The molecular formula is C14H29N2O2S3+. The number of esters is 1. The van der Waals surface area contributed by atoms with E-state index < -0.39 is 0 Å². The van der Waals surface area contributed by atoms with Crippen molar-refractivity contribution in [2.75, 3.05) is 45.3 Å². The summed E-state index contributed by atoms with van der Waals surface area (Å²) in [7, 11) is 8.12. The van der Waals surface area contributed by atoms with E-state index in [-0.39, 0.29) is 5.97 Å². The predicted molar refractivity (Wildman–Crippen MR) is 96.7 cm³/mol. The van der Waals surface area contributed by atoms with Gasteiger partial charge in [0, 0.05) is 23.2 Å². The molecule has 1 aliphatic heterocycles. The monoisotopic (exact) mass is 353 g/mol. The molecule has 0 aromatic rings. The first-order valence-electron chi connectivity index (χ1n) is 7.66. The topological polar surface area (TPSA) is 38.3 Å². The summed E-state index contributed by atoms with van der Waals surface area (Å²) in [5.74, 6) is 2.03. The number of likely N-dealkylation sites (N-methyl/N-ethyl adjacent to an activating group) is 1. The molecule has 1 N–H and O–H groups in total. The number of hydrogen-bond acceptors (Lipinski definition) is 6. The number of unbranched alkanes of at least 4 members (excludes halogenated alkanes) is 1. The minimum absolute atomic E-state index is 0.0577. The molecular weight excluding hydrogens is 324 g/mol. The first-order valence-corrected chi connectivity index (χ1v) is 10.7. The zero-order chi connectivity index (χ0) is 15.6. The second kappa shape index (κ2) is 11.0. The van der Waals surface area contributed by atoms with Gasteiger partial charge in [0.15, 0.2) is 0 Å². The average molecular weight is 354 g/mol. The van der Waals surface area contributed by atoms with Gasteiger partial charge in [0.25, 0.3) is 0 Å². The lowest BCUT2D eigenvalue weighted by Gasteiger charge is -2.28. The van der Waals surface area contributed by atoms with Crippen molar-refractivity contribution in [1.29, 1.82) is 0 Å². The Bertz CT molecular complexity index is 298. The van der Waals surface area contributed by atoms with Crippen LogP contribution in [-0.4, -0.2) is 61.1 Å². The van der Waals surface area contributed by atoms with Crippen LogP contribution in [0, 0.1) is 0 Å². The van der Waals surface area contributed by atoms with Crippen LogP contribution in [0.4, 0.5) is 0 Å². The van der Waals surface area contributed by atoms with Gasteiger partial charge in [-0.25, -0.2) is 4.59 Å². The van der Waals surface area contributed by atoms with Gasteiger partial charge in [-0.2, -0.15) is 18.1 Å². The Balaban J connectivity index is 1.97. The fraction of sp³-hybridized carbons (Fsp3) is 0.929. The molecule has 0 saturated carbocycles. The number of quaternary nitrogens is 1. The normalized spacial score (nSPS) is 18.9. The van der Waals surface area contributed by atoms with Crippen molar-refractivity contribution in [3.05, 3.63) is 0 Å². The highest BCUT2D eigenvalue weighted by molar-refractivity contribution is 8.77. The maximum Gasteiger partial charge on any atom is 0.305 e. The van der Waals surface area contributed by atoms with Crippen LogP contribution in [0.5, 0.6) is 0 Å². The number of carbonyl (C=O) groups is 1. The molecule has 0 spiro atoms. The summed E-state index contributed by atoms with van der Waals surface area (Å²) in [6.45, 7) is 2.09. The van der Waals surface area contributed by atoms with Crippen LogP contribution in [0.3, 0.4) is 0 Å². The van der Waals surface area contributed by atoms with Crippen LogP contribution in [0.1, 0.15) is 32.1 Å². The van der Waals surface area contributed by atoms with Gasteiger partial charge < -0.3 is 4.74 Å². The summed E-state index contributed by atoms with van der Waals surface area (Å²) in [5, 5.41) is 0.807. The second-order valence-corrected chi connectivity index (χ2v) is 9.07. The Morgan fingerprint density at radius 1 is 1.43 bits per heavy atom. The number of thiol groups is 1. The Labute approximate surface area is 142 Å². The van der Waals surface area contributed by atoms with E-state index in [2.05, 4.69) is 32.1 Å². The Hall–Kier alpha value is 0.440. The van der Waals surface area contributed by atoms with E-state index in [0.29, 0.717) is 17.6 Å². The lowest BCUT2D eigenvalue weighted by molar-refractivity contribution is -0.933. The van der Waals surface area contributed by atoms with E-state index in [9.17, 15) is 4.79 Å². The van der Waals surface area contributed by atoms with Crippen molar-refractivity contribution >= 4 is 40.2 Å². The third-order valence-corrected chi connectivity index (χ3v) is 6.68. The molecule has 21 heavy (non-hydrogen) atoms. The van der Waals surface area contributed by atoms with Gasteiger partial charge >= 0.3 is 5.97 Å². The van der Waals surface area contributed by atoms with Crippen molar-refractivity contribution in [2.45, 2.75) is 37.4 Å². The number of hydrogen-bond donors (Lipinski definition) is 2. The lowest BCUT2D eigenvalue weighted by Crippen LogP contribution is -2.54. The molecule has 0 aromatic carbocycles. The number of nitrogens with zero attached hydrogens (tertiary/aromatic N) is 1. The molecule has 0 aliphatic carbocycles. The number of ether oxygens (including phenoxy) is 1. The first-order chi connectivity index (χ1) is 10.0. The van der Waals surface area contributed by atoms with E-state index in [4.69, 9.17) is 4.74 Å². The Morgan fingerprint density at radius 2 is 2.24 bits per heavy atom. The minimum atomic E-state index is -0.0577. The van der Waals surface area contributed by atoms with E-state index in [0.717, 1.165) is 36.9 Å². The highest BCUT2D eigenvalue weighted by Crippen LogP contribution is 2.39. The molecule has 1 aliphatic rings. The van der Waals surface area contributed by atoms with Gasteiger partial charge in [0.05, 0.1) is 20.6 Å². The van der Waals surface area contributed by atoms with Crippen LogP contribution < -0.4 is 5.43 Å². The SMILES string of the molecule is C[N+](C)(CCOC(=O)CCCC[C@@H]1CCSS1)NCCS. The lowest BCUT2D eigenvalue weighted by atomic mass is 10.1. The molecule has 124 valence electrons. The smallest absolute Gasteiger partial charge is 0.305 e. The largest absolute Gasteiger partial charge is 0.460 e. The molecule has 7 heteroatoms. The summed E-state index contributed by atoms with van der Waals surface area (Å²) in [5.41, 5.74) is 3.33. The number of carbonyl (C=O) groups excluding carboxylic acids is 1. The Morgan fingerprint density at radius 3 is 2.90 bits per heavy atom. The van der Waals surface area contributed by atoms with Crippen LogP contribution in [0.15, 0.2) is 0 Å². The van der Waals surface area contributed by atoms with Crippen LogP contribution in [-0.2, 0) is 9.53 Å². The predicted octanol–water partition coefficient (Wildman–Crippen LogP) is 2.75. The maximum absolute atomic E-state index is 11.7. The molecule has 0 aromatic heterocycles. The van der Waals surface area contributed by atoms with Crippen LogP contribution >= 0.6 is 34.2 Å². The van der Waals surface area contributed by atoms with Gasteiger partial charge in [0.2, 0.25) is 0 Å². The maximum atomic E-state index is 11.7. The number of rotatable bonds is 11.